The molecule has 2 aliphatic carbocycles. The summed E-state index contributed by atoms with van der Waals surface area (Å²) in [5, 5.41) is 9.17. The SMILES string of the molecule is O=C(O)/C=C(/c1ccc2c(c1)CCCC2)C1CCCC1. The molecule has 0 unspecified atom stereocenters. The number of hydrogen-bond donors (Lipinski definition) is 1. The van der Waals surface area contributed by atoms with E-state index in [4.69, 9.17) is 5.11 Å². The maximum atomic E-state index is 11.2. The summed E-state index contributed by atoms with van der Waals surface area (Å²) < 4.78 is 0. The smallest absolute Gasteiger partial charge is 0.328 e. The van der Waals surface area contributed by atoms with Crippen LogP contribution in [0.25, 0.3) is 5.57 Å². The average Bonchev–Trinajstić information content (AvgIpc) is 2.98. The Morgan fingerprint density at radius 1 is 1.05 bits per heavy atom. The fraction of sp³-hybridized carbons (Fsp3) is 0.500. The Labute approximate surface area is 120 Å². The van der Waals surface area contributed by atoms with E-state index in [0.29, 0.717) is 5.92 Å². The third-order valence-corrected chi connectivity index (χ3v) is 4.76. The lowest BCUT2D eigenvalue weighted by atomic mass is 9.85. The van der Waals surface area contributed by atoms with Crippen LogP contribution in [0.15, 0.2) is 24.3 Å². The van der Waals surface area contributed by atoms with Crippen molar-refractivity contribution in [3.8, 4) is 0 Å². The van der Waals surface area contributed by atoms with Gasteiger partial charge in [-0.25, -0.2) is 4.79 Å². The summed E-state index contributed by atoms with van der Waals surface area (Å²) >= 11 is 0. The number of aliphatic carboxylic acids is 1. The van der Waals surface area contributed by atoms with Crippen LogP contribution in [0.4, 0.5) is 0 Å². The number of hydrogen-bond acceptors (Lipinski definition) is 1. The highest BCUT2D eigenvalue weighted by Gasteiger charge is 2.22. The van der Waals surface area contributed by atoms with Gasteiger partial charge >= 0.3 is 5.97 Å². The molecule has 2 nitrogen and oxygen atoms in total. The second-order valence-electron chi connectivity index (χ2n) is 6.11. The van der Waals surface area contributed by atoms with E-state index in [0.717, 1.165) is 30.4 Å². The van der Waals surface area contributed by atoms with Crippen molar-refractivity contribution in [3.05, 3.63) is 41.0 Å². The van der Waals surface area contributed by atoms with Crippen molar-refractivity contribution in [1.82, 2.24) is 0 Å². The van der Waals surface area contributed by atoms with Gasteiger partial charge in [-0.1, -0.05) is 31.0 Å². The molecular weight excluding hydrogens is 248 g/mol. The maximum Gasteiger partial charge on any atom is 0.328 e. The number of rotatable bonds is 3. The van der Waals surface area contributed by atoms with Crippen LogP contribution in [0.5, 0.6) is 0 Å². The third kappa shape index (κ3) is 2.79. The van der Waals surface area contributed by atoms with Gasteiger partial charge in [-0.2, -0.15) is 0 Å². The van der Waals surface area contributed by atoms with Crippen LogP contribution >= 0.6 is 0 Å². The van der Waals surface area contributed by atoms with E-state index < -0.39 is 5.97 Å². The van der Waals surface area contributed by atoms with Gasteiger partial charge in [0, 0.05) is 6.08 Å². The molecule has 106 valence electrons. The van der Waals surface area contributed by atoms with Gasteiger partial charge in [0.15, 0.2) is 0 Å². The first-order valence-corrected chi connectivity index (χ1v) is 7.81. The highest BCUT2D eigenvalue weighted by molar-refractivity contribution is 5.90. The normalized spacial score (nSPS) is 19.9. The molecule has 0 heterocycles. The summed E-state index contributed by atoms with van der Waals surface area (Å²) in [6.07, 6.45) is 11.0. The van der Waals surface area contributed by atoms with Crippen molar-refractivity contribution in [2.45, 2.75) is 51.4 Å². The van der Waals surface area contributed by atoms with Crippen molar-refractivity contribution in [2.24, 2.45) is 5.92 Å². The predicted octanol–water partition coefficient (Wildman–Crippen LogP) is 4.22. The minimum atomic E-state index is -0.815. The van der Waals surface area contributed by atoms with Crippen molar-refractivity contribution >= 4 is 11.5 Å². The van der Waals surface area contributed by atoms with Crippen LogP contribution in [-0.2, 0) is 17.6 Å². The lowest BCUT2D eigenvalue weighted by Crippen LogP contribution is -2.06. The summed E-state index contributed by atoms with van der Waals surface area (Å²) in [5.41, 5.74) is 5.08. The minimum absolute atomic E-state index is 0.438. The van der Waals surface area contributed by atoms with Crippen LogP contribution in [0.3, 0.4) is 0 Å². The second-order valence-corrected chi connectivity index (χ2v) is 6.11. The van der Waals surface area contributed by atoms with Crippen LogP contribution in [-0.4, -0.2) is 11.1 Å². The monoisotopic (exact) mass is 270 g/mol. The van der Waals surface area contributed by atoms with Gasteiger partial charge in [0.1, 0.15) is 0 Å². The first kappa shape index (κ1) is 13.4. The van der Waals surface area contributed by atoms with Gasteiger partial charge in [-0.3, -0.25) is 0 Å². The van der Waals surface area contributed by atoms with Gasteiger partial charge in [0.2, 0.25) is 0 Å². The van der Waals surface area contributed by atoms with E-state index in [1.807, 2.05) is 0 Å². The second kappa shape index (κ2) is 5.82. The molecule has 1 fully saturated rings. The zero-order valence-corrected chi connectivity index (χ0v) is 11.9. The van der Waals surface area contributed by atoms with Gasteiger partial charge in [0.05, 0.1) is 0 Å². The van der Waals surface area contributed by atoms with E-state index in [-0.39, 0.29) is 0 Å². The molecule has 0 radical (unpaired) electrons. The summed E-state index contributed by atoms with van der Waals surface area (Å²) in [7, 11) is 0. The van der Waals surface area contributed by atoms with Crippen LogP contribution in [0.2, 0.25) is 0 Å². The number of benzene rings is 1. The summed E-state index contributed by atoms with van der Waals surface area (Å²) in [5.74, 6) is -0.377. The van der Waals surface area contributed by atoms with Crippen molar-refractivity contribution in [2.75, 3.05) is 0 Å². The van der Waals surface area contributed by atoms with E-state index >= 15 is 0 Å². The van der Waals surface area contributed by atoms with Crippen LogP contribution in [0.1, 0.15) is 55.2 Å². The minimum Gasteiger partial charge on any atom is -0.478 e. The molecule has 2 aliphatic rings. The van der Waals surface area contributed by atoms with E-state index in [9.17, 15) is 4.79 Å². The molecule has 2 heteroatoms. The van der Waals surface area contributed by atoms with E-state index in [2.05, 4.69) is 18.2 Å². The Morgan fingerprint density at radius 3 is 2.45 bits per heavy atom. The molecule has 1 aromatic rings. The summed E-state index contributed by atoms with van der Waals surface area (Å²) in [4.78, 5) is 11.2. The highest BCUT2D eigenvalue weighted by atomic mass is 16.4. The lowest BCUT2D eigenvalue weighted by Gasteiger charge is -2.20. The third-order valence-electron chi connectivity index (χ3n) is 4.76. The molecule has 0 spiro atoms. The van der Waals surface area contributed by atoms with Gasteiger partial charge < -0.3 is 5.11 Å². The Morgan fingerprint density at radius 2 is 1.75 bits per heavy atom. The Balaban J connectivity index is 1.96. The van der Waals surface area contributed by atoms with Gasteiger partial charge in [0.25, 0.3) is 0 Å². The maximum absolute atomic E-state index is 11.2. The molecule has 1 aromatic carbocycles. The average molecular weight is 270 g/mol. The van der Waals surface area contributed by atoms with Crippen LogP contribution in [0, 0.1) is 5.92 Å². The predicted molar refractivity (Wildman–Crippen MR) is 80.7 cm³/mol. The zero-order valence-electron chi connectivity index (χ0n) is 11.9. The topological polar surface area (TPSA) is 37.3 Å². The van der Waals surface area contributed by atoms with E-state index in [1.54, 1.807) is 0 Å². The largest absolute Gasteiger partial charge is 0.478 e. The molecule has 0 bridgehead atoms. The number of carbonyl (C=O) groups is 1. The van der Waals surface area contributed by atoms with Gasteiger partial charge in [-0.05, 0) is 66.7 Å². The molecule has 0 saturated heterocycles. The fourth-order valence-electron chi connectivity index (χ4n) is 3.72. The van der Waals surface area contributed by atoms with Gasteiger partial charge in [-0.15, -0.1) is 0 Å². The number of allylic oxidation sites excluding steroid dienone is 1. The Kier molecular flexibility index (Phi) is 3.90. The molecule has 0 amide bonds. The summed E-state index contributed by atoms with van der Waals surface area (Å²) in [6.45, 7) is 0. The Bertz CT molecular complexity index is 536. The molecule has 20 heavy (non-hydrogen) atoms. The summed E-state index contributed by atoms with van der Waals surface area (Å²) in [6, 6.07) is 6.60. The van der Waals surface area contributed by atoms with Crippen molar-refractivity contribution in [1.29, 1.82) is 0 Å². The lowest BCUT2D eigenvalue weighted by molar-refractivity contribution is -0.131. The van der Waals surface area contributed by atoms with Crippen molar-refractivity contribution < 1.29 is 9.90 Å². The number of carboxylic acid groups (broad SMARTS) is 1. The highest BCUT2D eigenvalue weighted by Crippen LogP contribution is 2.37. The first-order chi connectivity index (χ1) is 9.74. The molecular formula is C18H22O2. The Hall–Kier alpha value is -1.57. The molecule has 1 saturated carbocycles. The molecule has 0 atom stereocenters. The standard InChI is InChI=1S/C18H22O2/c19-18(20)12-17(14-6-2-3-7-14)16-10-9-13-5-1-4-8-15(13)11-16/h9-12,14H,1-8H2,(H,19,20)/b17-12+. The molecule has 0 aliphatic heterocycles. The molecule has 1 N–H and O–H groups in total. The zero-order chi connectivity index (χ0) is 13.9. The molecule has 0 aromatic heterocycles. The number of carboxylic acids is 1. The quantitative estimate of drug-likeness (QED) is 0.835. The first-order valence-electron chi connectivity index (χ1n) is 7.81. The van der Waals surface area contributed by atoms with Crippen LogP contribution < -0.4 is 0 Å². The molecule has 3 rings (SSSR count). The number of fused-ring (bicyclic) bond motifs is 1. The van der Waals surface area contributed by atoms with Crippen molar-refractivity contribution in [3.63, 3.8) is 0 Å². The number of aryl methyl sites for hydroxylation is 2. The fourth-order valence-corrected chi connectivity index (χ4v) is 3.72. The van der Waals surface area contributed by atoms with E-state index in [1.165, 1.54) is 49.3 Å².